The Bertz CT molecular complexity index is 751. The Morgan fingerprint density at radius 2 is 1.92 bits per heavy atom. The Kier molecular flexibility index (Phi) is 5.32. The van der Waals surface area contributed by atoms with Crippen molar-refractivity contribution in [2.75, 3.05) is 19.7 Å². The minimum absolute atomic E-state index is 0.00806. The second-order valence-corrected chi connectivity index (χ2v) is 7.41. The number of quaternary nitrogens is 1. The first-order valence-electron chi connectivity index (χ1n) is 9.67. The van der Waals surface area contributed by atoms with Gasteiger partial charge >= 0.3 is 0 Å². The fourth-order valence-corrected chi connectivity index (χ4v) is 3.97. The van der Waals surface area contributed by atoms with Gasteiger partial charge in [-0.1, -0.05) is 36.4 Å². The molecule has 4 rings (SSSR count). The lowest BCUT2D eigenvalue weighted by Crippen LogP contribution is -3.10. The van der Waals surface area contributed by atoms with Crippen molar-refractivity contribution in [2.24, 2.45) is 0 Å². The SMILES string of the molecule is O=C(NC[C@@H]1CCCO1)c1ccc(C[NH+]2CCc3ccccc3C2)cc1. The van der Waals surface area contributed by atoms with Gasteiger partial charge in [0.25, 0.3) is 5.91 Å². The summed E-state index contributed by atoms with van der Waals surface area (Å²) in [5, 5.41) is 2.98. The number of rotatable bonds is 5. The quantitative estimate of drug-likeness (QED) is 0.862. The van der Waals surface area contributed by atoms with Crippen LogP contribution in [0.25, 0.3) is 0 Å². The summed E-state index contributed by atoms with van der Waals surface area (Å²) in [6.45, 7) is 4.68. The van der Waals surface area contributed by atoms with Crippen molar-refractivity contribution >= 4 is 5.91 Å². The predicted octanol–water partition coefficient (Wildman–Crippen LogP) is 1.74. The van der Waals surface area contributed by atoms with E-state index in [0.717, 1.165) is 44.5 Å². The minimum atomic E-state index is -0.00806. The maximum Gasteiger partial charge on any atom is 0.251 e. The Morgan fingerprint density at radius 1 is 1.12 bits per heavy atom. The average molecular weight is 351 g/mol. The molecule has 2 atom stereocenters. The first-order valence-corrected chi connectivity index (χ1v) is 9.67. The standard InChI is InChI=1S/C22H26N2O2/c25-22(23-14-21-6-3-13-26-21)19-9-7-17(8-10-19)15-24-12-11-18-4-1-2-5-20(18)16-24/h1-2,4-5,7-10,21H,3,6,11-16H2,(H,23,25)/p+1/t21-/m0/s1. The lowest BCUT2D eigenvalue weighted by molar-refractivity contribution is -0.929. The van der Waals surface area contributed by atoms with E-state index in [-0.39, 0.29) is 12.0 Å². The Labute approximate surface area is 155 Å². The Balaban J connectivity index is 1.31. The van der Waals surface area contributed by atoms with E-state index in [9.17, 15) is 4.79 Å². The number of carbonyl (C=O) groups is 1. The Hall–Kier alpha value is -2.17. The second-order valence-electron chi connectivity index (χ2n) is 7.41. The summed E-state index contributed by atoms with van der Waals surface area (Å²) < 4.78 is 5.55. The van der Waals surface area contributed by atoms with E-state index in [4.69, 9.17) is 4.74 Å². The van der Waals surface area contributed by atoms with E-state index in [0.29, 0.717) is 6.54 Å². The maximum atomic E-state index is 12.3. The summed E-state index contributed by atoms with van der Waals surface area (Å²) in [4.78, 5) is 13.9. The van der Waals surface area contributed by atoms with Gasteiger partial charge in [-0.05, 0) is 30.5 Å². The number of nitrogens with one attached hydrogen (secondary N) is 2. The van der Waals surface area contributed by atoms with Crippen molar-refractivity contribution in [3.05, 3.63) is 70.8 Å². The molecular weight excluding hydrogens is 324 g/mol. The summed E-state index contributed by atoms with van der Waals surface area (Å²) in [5.74, 6) is -0.00806. The van der Waals surface area contributed by atoms with Crippen LogP contribution in [-0.2, 0) is 24.2 Å². The smallest absolute Gasteiger partial charge is 0.251 e. The highest BCUT2D eigenvalue weighted by molar-refractivity contribution is 5.94. The fraction of sp³-hybridized carbons (Fsp3) is 0.409. The molecule has 2 aliphatic heterocycles. The molecule has 0 radical (unpaired) electrons. The van der Waals surface area contributed by atoms with Gasteiger partial charge in [0.05, 0.1) is 12.6 Å². The molecule has 0 aromatic heterocycles. The normalized spacial score (nSPS) is 22.0. The van der Waals surface area contributed by atoms with E-state index >= 15 is 0 Å². The van der Waals surface area contributed by atoms with E-state index in [1.54, 1.807) is 4.90 Å². The van der Waals surface area contributed by atoms with Crippen LogP contribution in [0.1, 0.15) is 39.9 Å². The first-order chi connectivity index (χ1) is 12.8. The van der Waals surface area contributed by atoms with Crippen LogP contribution in [0.15, 0.2) is 48.5 Å². The van der Waals surface area contributed by atoms with Gasteiger partial charge in [0.2, 0.25) is 0 Å². The van der Waals surface area contributed by atoms with Crippen molar-refractivity contribution in [3.63, 3.8) is 0 Å². The third kappa shape index (κ3) is 4.14. The highest BCUT2D eigenvalue weighted by atomic mass is 16.5. The van der Waals surface area contributed by atoms with Crippen LogP contribution in [0.2, 0.25) is 0 Å². The fourth-order valence-electron chi connectivity index (χ4n) is 3.97. The largest absolute Gasteiger partial charge is 0.376 e. The summed E-state index contributed by atoms with van der Waals surface area (Å²) >= 11 is 0. The van der Waals surface area contributed by atoms with Gasteiger partial charge < -0.3 is 15.0 Å². The molecule has 0 bridgehead atoms. The van der Waals surface area contributed by atoms with Crippen LogP contribution < -0.4 is 10.2 Å². The van der Waals surface area contributed by atoms with Gasteiger partial charge in [0, 0.05) is 36.3 Å². The monoisotopic (exact) mass is 351 g/mol. The summed E-state index contributed by atoms with van der Waals surface area (Å²) in [7, 11) is 0. The van der Waals surface area contributed by atoms with Crippen LogP contribution in [0.3, 0.4) is 0 Å². The van der Waals surface area contributed by atoms with E-state index < -0.39 is 0 Å². The third-order valence-corrected chi connectivity index (χ3v) is 5.49. The Morgan fingerprint density at radius 3 is 2.69 bits per heavy atom. The van der Waals surface area contributed by atoms with E-state index in [1.807, 2.05) is 12.1 Å². The lowest BCUT2D eigenvalue weighted by atomic mass is 9.99. The molecule has 26 heavy (non-hydrogen) atoms. The molecule has 1 amide bonds. The first kappa shape index (κ1) is 17.3. The van der Waals surface area contributed by atoms with Crippen molar-refractivity contribution in [3.8, 4) is 0 Å². The van der Waals surface area contributed by atoms with E-state index in [1.165, 1.54) is 23.2 Å². The van der Waals surface area contributed by atoms with Crippen molar-refractivity contribution < 1.29 is 14.4 Å². The van der Waals surface area contributed by atoms with Gasteiger partial charge in [-0.3, -0.25) is 4.79 Å². The number of amides is 1. The highest BCUT2D eigenvalue weighted by Gasteiger charge is 2.19. The number of ether oxygens (including phenoxy) is 1. The molecular formula is C22H27N2O2+. The second kappa shape index (κ2) is 8.02. The molecule has 2 N–H and O–H groups in total. The maximum absolute atomic E-state index is 12.3. The lowest BCUT2D eigenvalue weighted by Gasteiger charge is -2.26. The van der Waals surface area contributed by atoms with E-state index in [2.05, 4.69) is 41.7 Å². The number of carbonyl (C=O) groups excluding carboxylic acids is 1. The average Bonchev–Trinajstić information content (AvgIpc) is 3.20. The number of benzene rings is 2. The van der Waals surface area contributed by atoms with Gasteiger partial charge in [0.15, 0.2) is 0 Å². The molecule has 4 heteroatoms. The zero-order valence-corrected chi connectivity index (χ0v) is 15.2. The molecule has 2 aromatic carbocycles. The molecule has 1 unspecified atom stereocenters. The van der Waals surface area contributed by atoms with Crippen LogP contribution in [0, 0.1) is 0 Å². The van der Waals surface area contributed by atoms with Gasteiger partial charge in [-0.25, -0.2) is 0 Å². The van der Waals surface area contributed by atoms with Crippen LogP contribution in [-0.4, -0.2) is 31.7 Å². The summed E-state index contributed by atoms with van der Waals surface area (Å²) in [5.41, 5.74) is 4.98. The zero-order valence-electron chi connectivity index (χ0n) is 15.2. The minimum Gasteiger partial charge on any atom is -0.376 e. The zero-order chi connectivity index (χ0) is 17.8. The van der Waals surface area contributed by atoms with Crippen LogP contribution >= 0.6 is 0 Å². The molecule has 0 aliphatic carbocycles. The predicted molar refractivity (Wildman–Crippen MR) is 101 cm³/mol. The summed E-state index contributed by atoms with van der Waals surface area (Å²) in [6, 6.07) is 16.8. The third-order valence-electron chi connectivity index (χ3n) is 5.49. The molecule has 2 aromatic rings. The summed E-state index contributed by atoms with van der Waals surface area (Å²) in [6.07, 6.45) is 3.47. The highest BCUT2D eigenvalue weighted by Crippen LogP contribution is 2.12. The topological polar surface area (TPSA) is 42.8 Å². The molecule has 1 saturated heterocycles. The molecule has 0 saturated carbocycles. The number of hydrogen-bond donors (Lipinski definition) is 2. The molecule has 2 heterocycles. The molecule has 136 valence electrons. The van der Waals surface area contributed by atoms with Gasteiger partial charge in [-0.15, -0.1) is 0 Å². The van der Waals surface area contributed by atoms with Crippen molar-refractivity contribution in [2.45, 2.75) is 38.5 Å². The number of hydrogen-bond acceptors (Lipinski definition) is 2. The molecule has 4 nitrogen and oxygen atoms in total. The van der Waals surface area contributed by atoms with Crippen LogP contribution in [0.4, 0.5) is 0 Å². The molecule has 1 fully saturated rings. The van der Waals surface area contributed by atoms with Crippen molar-refractivity contribution in [1.29, 1.82) is 0 Å². The van der Waals surface area contributed by atoms with Crippen molar-refractivity contribution in [1.82, 2.24) is 5.32 Å². The van der Waals surface area contributed by atoms with Gasteiger partial charge in [0.1, 0.15) is 13.1 Å². The molecule has 0 spiro atoms. The molecule has 2 aliphatic rings. The van der Waals surface area contributed by atoms with Gasteiger partial charge in [-0.2, -0.15) is 0 Å². The number of fused-ring (bicyclic) bond motifs is 1. The van der Waals surface area contributed by atoms with Crippen LogP contribution in [0.5, 0.6) is 0 Å².